The Morgan fingerprint density at radius 1 is 1.61 bits per heavy atom. The highest BCUT2D eigenvalue weighted by molar-refractivity contribution is 7.10. The average molecular weight is 267 g/mol. The lowest BCUT2D eigenvalue weighted by molar-refractivity contribution is -0.125. The van der Waals surface area contributed by atoms with Gasteiger partial charge < -0.3 is 15.2 Å². The van der Waals surface area contributed by atoms with E-state index in [9.17, 15) is 4.79 Å². The van der Waals surface area contributed by atoms with Gasteiger partial charge in [-0.25, -0.2) is 0 Å². The van der Waals surface area contributed by atoms with Gasteiger partial charge in [0.1, 0.15) is 6.61 Å². The lowest BCUT2D eigenvalue weighted by Crippen LogP contribution is -2.26. The summed E-state index contributed by atoms with van der Waals surface area (Å²) >= 11 is 1.55. The van der Waals surface area contributed by atoms with Crippen LogP contribution in [0.2, 0.25) is 0 Å². The van der Waals surface area contributed by atoms with Crippen molar-refractivity contribution in [1.29, 1.82) is 0 Å². The molecular formula is C13H17NO3S. The van der Waals surface area contributed by atoms with E-state index in [2.05, 4.69) is 17.2 Å². The summed E-state index contributed by atoms with van der Waals surface area (Å²) < 4.78 is 5.01. The zero-order chi connectivity index (χ0) is 13.2. The average Bonchev–Trinajstić information content (AvgIpc) is 2.82. The number of carbonyl (C=O) groups is 1. The predicted molar refractivity (Wildman–Crippen MR) is 71.2 cm³/mol. The summed E-state index contributed by atoms with van der Waals surface area (Å²) in [6.07, 6.45) is 0.464. The molecule has 98 valence electrons. The molecule has 0 spiro atoms. The van der Waals surface area contributed by atoms with Crippen molar-refractivity contribution in [2.24, 2.45) is 0 Å². The van der Waals surface area contributed by atoms with Gasteiger partial charge in [0.15, 0.2) is 0 Å². The second kappa shape index (κ2) is 8.70. The first-order valence-electron chi connectivity index (χ1n) is 5.78. The molecule has 0 aliphatic heterocycles. The highest BCUT2D eigenvalue weighted by atomic mass is 32.1. The van der Waals surface area contributed by atoms with Gasteiger partial charge in [-0.15, -0.1) is 11.3 Å². The minimum absolute atomic E-state index is 0.0670. The number of rotatable bonds is 6. The van der Waals surface area contributed by atoms with E-state index in [4.69, 9.17) is 9.84 Å². The fourth-order valence-corrected chi connectivity index (χ4v) is 2.00. The summed E-state index contributed by atoms with van der Waals surface area (Å²) in [5.74, 6) is 5.72. The first kappa shape index (κ1) is 14.7. The summed E-state index contributed by atoms with van der Waals surface area (Å²) in [5.41, 5.74) is 0.908. The first-order chi connectivity index (χ1) is 8.77. The topological polar surface area (TPSA) is 58.6 Å². The van der Waals surface area contributed by atoms with E-state index in [0.29, 0.717) is 19.6 Å². The van der Waals surface area contributed by atoms with Gasteiger partial charge in [-0.2, -0.15) is 0 Å². The van der Waals surface area contributed by atoms with Crippen molar-refractivity contribution in [1.82, 2.24) is 5.32 Å². The number of hydrogen-bond donors (Lipinski definition) is 2. The van der Waals surface area contributed by atoms with Crippen molar-refractivity contribution in [2.45, 2.75) is 19.9 Å². The number of thiophene rings is 1. The van der Waals surface area contributed by atoms with Crippen molar-refractivity contribution < 1.29 is 14.6 Å². The smallest absolute Gasteiger partial charge is 0.246 e. The maximum atomic E-state index is 11.4. The van der Waals surface area contributed by atoms with Crippen LogP contribution in [0.1, 0.15) is 23.8 Å². The molecule has 1 amide bonds. The molecule has 5 heteroatoms. The summed E-state index contributed by atoms with van der Waals surface area (Å²) in [4.78, 5) is 12.4. The van der Waals surface area contributed by atoms with E-state index in [0.717, 1.165) is 10.4 Å². The van der Waals surface area contributed by atoms with Crippen LogP contribution >= 0.6 is 11.3 Å². The van der Waals surface area contributed by atoms with Crippen LogP contribution in [0.15, 0.2) is 11.4 Å². The highest BCUT2D eigenvalue weighted by Crippen LogP contribution is 2.15. The third-order valence-electron chi connectivity index (χ3n) is 2.09. The van der Waals surface area contributed by atoms with Crippen molar-refractivity contribution in [3.8, 4) is 11.8 Å². The number of aliphatic hydroxyl groups is 1. The maximum absolute atomic E-state index is 11.4. The van der Waals surface area contributed by atoms with Crippen molar-refractivity contribution >= 4 is 17.2 Å². The van der Waals surface area contributed by atoms with Gasteiger partial charge in [0.25, 0.3) is 0 Å². The number of nitrogens with one attached hydrogen (secondary N) is 1. The molecule has 18 heavy (non-hydrogen) atoms. The Hall–Kier alpha value is -1.35. The van der Waals surface area contributed by atoms with Crippen molar-refractivity contribution in [2.75, 3.05) is 19.8 Å². The van der Waals surface area contributed by atoms with E-state index in [1.165, 1.54) is 0 Å². The Morgan fingerprint density at radius 2 is 2.44 bits per heavy atom. The van der Waals surface area contributed by atoms with Gasteiger partial charge in [0, 0.05) is 23.5 Å². The Balaban J connectivity index is 2.46. The van der Waals surface area contributed by atoms with E-state index >= 15 is 0 Å². The summed E-state index contributed by atoms with van der Waals surface area (Å²) in [5, 5.41) is 13.4. The molecule has 1 heterocycles. The van der Waals surface area contributed by atoms with Crippen LogP contribution in [0.5, 0.6) is 0 Å². The van der Waals surface area contributed by atoms with E-state index in [1.54, 1.807) is 11.3 Å². The SMILES string of the molecule is CCOCC(=O)NCc1sccc1C#CCCO. The molecule has 0 unspecified atom stereocenters. The Bertz CT molecular complexity index is 431. The Labute approximate surface area is 111 Å². The molecule has 0 bridgehead atoms. The molecular weight excluding hydrogens is 250 g/mol. The zero-order valence-electron chi connectivity index (χ0n) is 10.4. The van der Waals surface area contributed by atoms with Gasteiger partial charge in [0.2, 0.25) is 5.91 Å². The van der Waals surface area contributed by atoms with Gasteiger partial charge in [-0.1, -0.05) is 11.8 Å². The summed E-state index contributed by atoms with van der Waals surface area (Å²) in [7, 11) is 0. The first-order valence-corrected chi connectivity index (χ1v) is 6.66. The standard InChI is InChI=1S/C13H17NO3S/c1-2-17-10-13(16)14-9-12-11(6-8-18-12)5-3-4-7-15/h6,8,15H,2,4,7,9-10H2,1H3,(H,14,16). The second-order valence-electron chi connectivity index (χ2n) is 3.45. The van der Waals surface area contributed by atoms with Gasteiger partial charge in [0.05, 0.1) is 13.2 Å². The number of carbonyl (C=O) groups excluding carboxylic acids is 1. The zero-order valence-corrected chi connectivity index (χ0v) is 11.2. The summed E-state index contributed by atoms with van der Waals surface area (Å²) in [6, 6.07) is 1.92. The lowest BCUT2D eigenvalue weighted by atomic mass is 10.2. The molecule has 1 rings (SSSR count). The molecule has 0 aliphatic carbocycles. The molecule has 1 aromatic heterocycles. The molecule has 0 aliphatic rings. The monoisotopic (exact) mass is 267 g/mol. The normalized spacial score (nSPS) is 9.67. The molecule has 0 atom stereocenters. The minimum Gasteiger partial charge on any atom is -0.395 e. The second-order valence-corrected chi connectivity index (χ2v) is 4.45. The van der Waals surface area contributed by atoms with Gasteiger partial charge >= 0.3 is 0 Å². The van der Waals surface area contributed by atoms with Gasteiger partial charge in [-0.3, -0.25) is 4.79 Å². The van der Waals surface area contributed by atoms with Crippen LogP contribution < -0.4 is 5.32 Å². The quantitative estimate of drug-likeness (QED) is 0.760. The molecule has 2 N–H and O–H groups in total. The lowest BCUT2D eigenvalue weighted by Gasteiger charge is -2.04. The third-order valence-corrected chi connectivity index (χ3v) is 3.01. The van der Waals surface area contributed by atoms with Gasteiger partial charge in [-0.05, 0) is 18.4 Å². The molecule has 0 saturated carbocycles. The summed E-state index contributed by atoms with van der Waals surface area (Å²) in [6.45, 7) is 3.00. The molecule has 0 aromatic carbocycles. The van der Waals surface area contributed by atoms with Crippen LogP contribution in [0.3, 0.4) is 0 Å². The molecule has 1 aromatic rings. The Kier molecular flexibility index (Phi) is 7.11. The molecule has 0 saturated heterocycles. The Morgan fingerprint density at radius 3 is 3.17 bits per heavy atom. The van der Waals surface area contributed by atoms with Crippen LogP contribution in [0, 0.1) is 11.8 Å². The molecule has 4 nitrogen and oxygen atoms in total. The number of hydrogen-bond acceptors (Lipinski definition) is 4. The molecule has 0 fully saturated rings. The third kappa shape index (κ3) is 5.32. The van der Waals surface area contributed by atoms with Crippen molar-refractivity contribution in [3.05, 3.63) is 21.9 Å². The minimum atomic E-state index is -0.125. The van der Waals surface area contributed by atoms with Crippen LogP contribution in [-0.2, 0) is 16.1 Å². The van der Waals surface area contributed by atoms with Crippen LogP contribution in [0.25, 0.3) is 0 Å². The highest BCUT2D eigenvalue weighted by Gasteiger charge is 2.04. The van der Waals surface area contributed by atoms with Crippen LogP contribution in [0.4, 0.5) is 0 Å². The predicted octanol–water partition coefficient (Wildman–Crippen LogP) is 1.13. The van der Waals surface area contributed by atoms with E-state index < -0.39 is 0 Å². The molecule has 0 radical (unpaired) electrons. The fourth-order valence-electron chi connectivity index (χ4n) is 1.23. The number of aliphatic hydroxyl groups excluding tert-OH is 1. The maximum Gasteiger partial charge on any atom is 0.246 e. The van der Waals surface area contributed by atoms with Crippen molar-refractivity contribution in [3.63, 3.8) is 0 Å². The number of amides is 1. The largest absolute Gasteiger partial charge is 0.395 e. The van der Waals surface area contributed by atoms with E-state index in [1.807, 2.05) is 18.4 Å². The fraction of sp³-hybridized carbons (Fsp3) is 0.462. The van der Waals surface area contributed by atoms with E-state index in [-0.39, 0.29) is 19.1 Å². The van der Waals surface area contributed by atoms with Crippen LogP contribution in [-0.4, -0.2) is 30.8 Å². The number of ether oxygens (including phenoxy) is 1.